The zero-order valence-corrected chi connectivity index (χ0v) is 12.5. The molecule has 0 fully saturated rings. The molecular weight excluding hydrogens is 284 g/mol. The first-order valence-corrected chi connectivity index (χ1v) is 7.29. The summed E-state index contributed by atoms with van der Waals surface area (Å²) in [4.78, 5) is 12.5. The molecule has 0 amide bonds. The Morgan fingerprint density at radius 2 is 1.76 bits per heavy atom. The Morgan fingerprint density at radius 1 is 1.10 bits per heavy atom. The molecular formula is C15H14N4OS. The van der Waals surface area contributed by atoms with E-state index in [-0.39, 0.29) is 0 Å². The van der Waals surface area contributed by atoms with Crippen LogP contribution >= 0.6 is 11.3 Å². The highest BCUT2D eigenvalue weighted by Crippen LogP contribution is 2.33. The van der Waals surface area contributed by atoms with Gasteiger partial charge >= 0.3 is 6.01 Å². The molecule has 21 heavy (non-hydrogen) atoms. The Labute approximate surface area is 126 Å². The number of aryl methyl sites for hydroxylation is 2. The molecule has 0 saturated carbocycles. The molecule has 0 atom stereocenters. The lowest BCUT2D eigenvalue weighted by molar-refractivity contribution is 0.441. The second-order valence-electron chi connectivity index (χ2n) is 4.64. The van der Waals surface area contributed by atoms with E-state index in [0.717, 1.165) is 22.4 Å². The van der Waals surface area contributed by atoms with Gasteiger partial charge in [0, 0.05) is 23.3 Å². The minimum absolute atomic E-state index is 0.335. The largest absolute Gasteiger partial charge is 0.424 e. The van der Waals surface area contributed by atoms with Crippen LogP contribution in [-0.2, 0) is 0 Å². The molecule has 0 unspecified atom stereocenters. The summed E-state index contributed by atoms with van der Waals surface area (Å²) in [6.45, 7) is 4.05. The smallest absolute Gasteiger partial charge is 0.321 e. The molecule has 5 nitrogen and oxygen atoms in total. The molecule has 0 saturated heterocycles. The number of aromatic nitrogens is 3. The molecule has 1 aromatic carbocycles. The van der Waals surface area contributed by atoms with Crippen LogP contribution < -0.4 is 10.5 Å². The van der Waals surface area contributed by atoms with Crippen LogP contribution in [0.3, 0.4) is 0 Å². The van der Waals surface area contributed by atoms with Gasteiger partial charge in [0.05, 0.1) is 5.69 Å². The van der Waals surface area contributed by atoms with Crippen LogP contribution in [0.5, 0.6) is 11.8 Å². The zero-order valence-electron chi connectivity index (χ0n) is 11.7. The third-order valence-corrected chi connectivity index (χ3v) is 3.71. The molecule has 3 rings (SSSR count). The quantitative estimate of drug-likeness (QED) is 0.799. The molecule has 2 heterocycles. The van der Waals surface area contributed by atoms with Gasteiger partial charge in [-0.05, 0) is 43.2 Å². The molecule has 0 bridgehead atoms. The molecule has 0 aliphatic rings. The fourth-order valence-electron chi connectivity index (χ4n) is 2.23. The Hall–Kier alpha value is -2.47. The number of nitrogens with two attached hydrogens (primary N) is 1. The van der Waals surface area contributed by atoms with Gasteiger partial charge in [0.25, 0.3) is 0 Å². The van der Waals surface area contributed by atoms with Gasteiger partial charge in [-0.1, -0.05) is 0 Å². The van der Waals surface area contributed by atoms with Gasteiger partial charge in [0.1, 0.15) is 5.75 Å². The molecule has 106 valence electrons. The summed E-state index contributed by atoms with van der Waals surface area (Å²) >= 11 is 1.44. The van der Waals surface area contributed by atoms with Crippen molar-refractivity contribution in [2.24, 2.45) is 0 Å². The van der Waals surface area contributed by atoms with Gasteiger partial charge in [-0.2, -0.15) is 0 Å². The van der Waals surface area contributed by atoms with Crippen molar-refractivity contribution in [1.29, 1.82) is 0 Å². The lowest BCUT2D eigenvalue weighted by Crippen LogP contribution is -1.94. The van der Waals surface area contributed by atoms with Crippen molar-refractivity contribution in [2.75, 3.05) is 5.73 Å². The van der Waals surface area contributed by atoms with E-state index in [1.165, 1.54) is 11.3 Å². The first-order chi connectivity index (χ1) is 10.1. The molecule has 2 N–H and O–H groups in total. The van der Waals surface area contributed by atoms with Gasteiger partial charge < -0.3 is 10.5 Å². The monoisotopic (exact) mass is 298 g/mol. The van der Waals surface area contributed by atoms with Crippen molar-refractivity contribution < 1.29 is 4.74 Å². The number of nitrogens with zero attached hydrogens (tertiary/aromatic N) is 3. The summed E-state index contributed by atoms with van der Waals surface area (Å²) in [5, 5.41) is 2.53. The number of hydrogen-bond donors (Lipinski definition) is 1. The summed E-state index contributed by atoms with van der Waals surface area (Å²) in [6.07, 6.45) is 3.29. The standard InChI is InChI=1S/C15H14N4OS/c1-9-6-11(20-15-17-4-3-5-18-15)7-10(2)13(9)12-8-21-14(16)19-12/h3-8H,1-2H3,(H2,16,19). The van der Waals surface area contributed by atoms with E-state index in [1.807, 2.05) is 31.4 Å². The first-order valence-electron chi connectivity index (χ1n) is 6.41. The van der Waals surface area contributed by atoms with E-state index >= 15 is 0 Å². The van der Waals surface area contributed by atoms with Crippen molar-refractivity contribution in [3.8, 4) is 23.0 Å². The average Bonchev–Trinajstić information content (AvgIpc) is 2.85. The lowest BCUT2D eigenvalue weighted by atomic mass is 10.0. The molecule has 0 radical (unpaired) electrons. The van der Waals surface area contributed by atoms with Crippen LogP contribution in [0.15, 0.2) is 36.0 Å². The van der Waals surface area contributed by atoms with Gasteiger partial charge in [-0.25, -0.2) is 15.0 Å². The average molecular weight is 298 g/mol. The number of rotatable bonds is 3. The van der Waals surface area contributed by atoms with E-state index in [1.54, 1.807) is 18.5 Å². The van der Waals surface area contributed by atoms with Crippen LogP contribution in [0.4, 0.5) is 5.13 Å². The van der Waals surface area contributed by atoms with Gasteiger partial charge in [-0.3, -0.25) is 0 Å². The normalized spacial score (nSPS) is 10.6. The number of anilines is 1. The zero-order chi connectivity index (χ0) is 14.8. The SMILES string of the molecule is Cc1cc(Oc2ncccn2)cc(C)c1-c1csc(N)n1. The second kappa shape index (κ2) is 5.49. The Bertz CT molecular complexity index is 747. The maximum absolute atomic E-state index is 5.71. The highest BCUT2D eigenvalue weighted by atomic mass is 32.1. The Balaban J connectivity index is 1.96. The van der Waals surface area contributed by atoms with E-state index in [9.17, 15) is 0 Å². The molecule has 6 heteroatoms. The Kier molecular flexibility index (Phi) is 3.53. The van der Waals surface area contributed by atoms with Crippen LogP contribution in [0, 0.1) is 13.8 Å². The van der Waals surface area contributed by atoms with E-state index < -0.39 is 0 Å². The van der Waals surface area contributed by atoms with Gasteiger partial charge in [0.15, 0.2) is 5.13 Å². The maximum atomic E-state index is 5.71. The van der Waals surface area contributed by atoms with Crippen LogP contribution in [0.25, 0.3) is 11.3 Å². The second-order valence-corrected chi connectivity index (χ2v) is 5.53. The van der Waals surface area contributed by atoms with Crippen molar-refractivity contribution in [3.63, 3.8) is 0 Å². The maximum Gasteiger partial charge on any atom is 0.321 e. The van der Waals surface area contributed by atoms with E-state index in [0.29, 0.717) is 16.9 Å². The fourth-order valence-corrected chi connectivity index (χ4v) is 2.79. The van der Waals surface area contributed by atoms with Crippen LogP contribution in [0.1, 0.15) is 11.1 Å². The first kappa shape index (κ1) is 13.5. The van der Waals surface area contributed by atoms with Crippen LogP contribution in [-0.4, -0.2) is 15.0 Å². The highest BCUT2D eigenvalue weighted by molar-refractivity contribution is 7.13. The summed E-state index contributed by atoms with van der Waals surface area (Å²) in [7, 11) is 0. The van der Waals surface area contributed by atoms with Crippen molar-refractivity contribution in [1.82, 2.24) is 15.0 Å². The summed E-state index contributed by atoms with van der Waals surface area (Å²) in [5.74, 6) is 0.711. The highest BCUT2D eigenvalue weighted by Gasteiger charge is 2.12. The summed E-state index contributed by atoms with van der Waals surface area (Å²) < 4.78 is 5.67. The number of benzene rings is 1. The predicted octanol–water partition coefficient (Wildman–Crippen LogP) is 3.59. The van der Waals surface area contributed by atoms with Crippen molar-refractivity contribution in [3.05, 3.63) is 47.1 Å². The van der Waals surface area contributed by atoms with E-state index in [4.69, 9.17) is 10.5 Å². The van der Waals surface area contributed by atoms with E-state index in [2.05, 4.69) is 15.0 Å². The lowest BCUT2D eigenvalue weighted by Gasteiger charge is -2.11. The molecule has 0 aliphatic carbocycles. The third kappa shape index (κ3) is 2.85. The molecule has 0 aliphatic heterocycles. The number of nitrogen functional groups attached to an aromatic ring is 1. The van der Waals surface area contributed by atoms with Crippen molar-refractivity contribution >= 4 is 16.5 Å². The van der Waals surface area contributed by atoms with Crippen LogP contribution in [0.2, 0.25) is 0 Å². The number of thiazole rings is 1. The van der Waals surface area contributed by atoms with Gasteiger partial charge in [-0.15, -0.1) is 11.3 Å². The Morgan fingerprint density at radius 3 is 2.33 bits per heavy atom. The molecule has 3 aromatic rings. The fraction of sp³-hybridized carbons (Fsp3) is 0.133. The predicted molar refractivity (Wildman–Crippen MR) is 83.5 cm³/mol. The summed E-state index contributed by atoms with van der Waals surface area (Å²) in [6, 6.07) is 5.99. The minimum atomic E-state index is 0.335. The van der Waals surface area contributed by atoms with Crippen molar-refractivity contribution in [2.45, 2.75) is 13.8 Å². The molecule has 2 aromatic heterocycles. The summed E-state index contributed by atoms with van der Waals surface area (Å²) in [5.41, 5.74) is 9.85. The topological polar surface area (TPSA) is 73.9 Å². The molecule has 0 spiro atoms. The van der Waals surface area contributed by atoms with Gasteiger partial charge in [0.2, 0.25) is 0 Å². The third-order valence-electron chi connectivity index (χ3n) is 3.04. The number of hydrogen-bond acceptors (Lipinski definition) is 6. The number of ether oxygens (including phenoxy) is 1. The minimum Gasteiger partial charge on any atom is -0.424 e.